The number of nitrogen functional groups attached to an aromatic ring is 1. The second-order valence-electron chi connectivity index (χ2n) is 5.76. The molecule has 1 amide bonds. The first-order chi connectivity index (χ1) is 12.1. The fraction of sp³-hybridized carbons (Fsp3) is 0.158. The summed E-state index contributed by atoms with van der Waals surface area (Å²) in [4.78, 5) is 16.1. The quantitative estimate of drug-likeness (QED) is 0.577. The highest BCUT2D eigenvalue weighted by Gasteiger charge is 2.18. The van der Waals surface area contributed by atoms with Crippen molar-refractivity contribution in [3.05, 3.63) is 72.2 Å². The van der Waals surface area contributed by atoms with E-state index in [9.17, 15) is 9.18 Å². The molecular formula is C19H19FN4O. The first-order valence-electron chi connectivity index (χ1n) is 8.01. The number of benzene rings is 1. The molecule has 1 aromatic heterocycles. The fourth-order valence-electron chi connectivity index (χ4n) is 2.53. The van der Waals surface area contributed by atoms with E-state index < -0.39 is 5.95 Å². The maximum Gasteiger partial charge on any atom is 0.231 e. The van der Waals surface area contributed by atoms with E-state index in [1.807, 2.05) is 30.4 Å². The van der Waals surface area contributed by atoms with Gasteiger partial charge >= 0.3 is 0 Å². The SMILES string of the molecule is Nc1ccccc1NC(=O)C1C=CC(CNc2cccc(F)n2)=CC1. The molecule has 5 nitrogen and oxygen atoms in total. The summed E-state index contributed by atoms with van der Waals surface area (Å²) in [5.41, 5.74) is 8.02. The van der Waals surface area contributed by atoms with Crippen LogP contribution < -0.4 is 16.4 Å². The van der Waals surface area contributed by atoms with E-state index in [1.165, 1.54) is 6.07 Å². The van der Waals surface area contributed by atoms with Crippen molar-refractivity contribution in [1.29, 1.82) is 0 Å². The smallest absolute Gasteiger partial charge is 0.231 e. The van der Waals surface area contributed by atoms with Gasteiger partial charge in [-0.1, -0.05) is 36.4 Å². The number of amides is 1. The number of halogens is 1. The molecule has 25 heavy (non-hydrogen) atoms. The van der Waals surface area contributed by atoms with Crippen LogP contribution in [0, 0.1) is 11.9 Å². The highest BCUT2D eigenvalue weighted by atomic mass is 19.1. The Morgan fingerprint density at radius 3 is 2.80 bits per heavy atom. The first kappa shape index (κ1) is 16.7. The lowest BCUT2D eigenvalue weighted by molar-refractivity contribution is -0.118. The molecule has 1 atom stereocenters. The number of allylic oxidation sites excluding steroid dienone is 1. The van der Waals surface area contributed by atoms with Crippen molar-refractivity contribution in [3.63, 3.8) is 0 Å². The number of nitrogens with one attached hydrogen (secondary N) is 2. The lowest BCUT2D eigenvalue weighted by Crippen LogP contribution is -2.23. The van der Waals surface area contributed by atoms with E-state index in [2.05, 4.69) is 15.6 Å². The molecule has 0 bridgehead atoms. The van der Waals surface area contributed by atoms with Crippen molar-refractivity contribution in [2.24, 2.45) is 5.92 Å². The van der Waals surface area contributed by atoms with Gasteiger partial charge in [0.2, 0.25) is 11.9 Å². The summed E-state index contributed by atoms with van der Waals surface area (Å²) in [7, 11) is 0. The van der Waals surface area contributed by atoms with E-state index in [0.717, 1.165) is 5.57 Å². The van der Waals surface area contributed by atoms with Crippen LogP contribution in [-0.2, 0) is 4.79 Å². The molecule has 0 radical (unpaired) electrons. The van der Waals surface area contributed by atoms with Gasteiger partial charge in [-0.3, -0.25) is 4.79 Å². The third-order valence-corrected chi connectivity index (χ3v) is 3.92. The Kier molecular flexibility index (Phi) is 5.09. The van der Waals surface area contributed by atoms with E-state index >= 15 is 0 Å². The Bertz CT molecular complexity index is 832. The van der Waals surface area contributed by atoms with Gasteiger partial charge < -0.3 is 16.4 Å². The van der Waals surface area contributed by atoms with Crippen LogP contribution in [0.3, 0.4) is 0 Å². The number of carbonyl (C=O) groups excluding carboxylic acids is 1. The zero-order chi connectivity index (χ0) is 17.6. The summed E-state index contributed by atoms with van der Waals surface area (Å²) in [6, 6.07) is 11.8. The molecule has 0 saturated heterocycles. The third kappa shape index (κ3) is 4.44. The van der Waals surface area contributed by atoms with Crippen LogP contribution in [0.25, 0.3) is 0 Å². The maximum absolute atomic E-state index is 13.0. The van der Waals surface area contributed by atoms with Gasteiger partial charge in [-0.2, -0.15) is 4.39 Å². The van der Waals surface area contributed by atoms with E-state index in [1.54, 1.807) is 24.3 Å². The molecule has 1 aliphatic carbocycles. The predicted molar refractivity (Wildman–Crippen MR) is 97.5 cm³/mol. The van der Waals surface area contributed by atoms with Crippen molar-refractivity contribution < 1.29 is 9.18 Å². The van der Waals surface area contributed by atoms with Gasteiger partial charge in [0, 0.05) is 6.54 Å². The minimum Gasteiger partial charge on any atom is -0.397 e. The Labute approximate surface area is 145 Å². The molecule has 1 unspecified atom stereocenters. The number of rotatable bonds is 5. The van der Waals surface area contributed by atoms with Crippen LogP contribution in [-0.4, -0.2) is 17.4 Å². The summed E-state index contributed by atoms with van der Waals surface area (Å²) in [6.45, 7) is 0.521. The Morgan fingerprint density at radius 2 is 2.08 bits per heavy atom. The van der Waals surface area contributed by atoms with Gasteiger partial charge in [0.05, 0.1) is 17.3 Å². The van der Waals surface area contributed by atoms with Crippen LogP contribution >= 0.6 is 0 Å². The molecule has 6 heteroatoms. The standard InChI is InChI=1S/C19H19FN4O/c20-17-6-3-7-18(24-17)22-12-13-8-10-14(11-9-13)19(25)23-16-5-2-1-4-15(16)21/h1-10,14H,11-12,21H2,(H,22,24)(H,23,25). The molecule has 0 spiro atoms. The summed E-state index contributed by atoms with van der Waals surface area (Å²) in [5, 5.41) is 5.91. The van der Waals surface area contributed by atoms with Gasteiger partial charge in [0.1, 0.15) is 5.82 Å². The minimum atomic E-state index is -0.518. The number of pyridine rings is 1. The zero-order valence-electron chi connectivity index (χ0n) is 13.6. The largest absolute Gasteiger partial charge is 0.397 e. The number of hydrogen-bond donors (Lipinski definition) is 3. The van der Waals surface area contributed by atoms with Crippen LogP contribution in [0.15, 0.2) is 66.3 Å². The number of aromatic nitrogens is 1. The van der Waals surface area contributed by atoms with E-state index in [-0.39, 0.29) is 11.8 Å². The van der Waals surface area contributed by atoms with Gasteiger partial charge in [-0.25, -0.2) is 4.98 Å². The monoisotopic (exact) mass is 338 g/mol. The van der Waals surface area contributed by atoms with Crippen molar-refractivity contribution in [2.45, 2.75) is 6.42 Å². The highest BCUT2D eigenvalue weighted by molar-refractivity contribution is 5.96. The summed E-state index contributed by atoms with van der Waals surface area (Å²) < 4.78 is 13.0. The van der Waals surface area contributed by atoms with Crippen molar-refractivity contribution in [3.8, 4) is 0 Å². The normalized spacial score (nSPS) is 16.2. The summed E-state index contributed by atoms with van der Waals surface area (Å²) >= 11 is 0. The second kappa shape index (κ2) is 7.61. The fourth-order valence-corrected chi connectivity index (χ4v) is 2.53. The lowest BCUT2D eigenvalue weighted by atomic mass is 9.95. The highest BCUT2D eigenvalue weighted by Crippen LogP contribution is 2.22. The molecule has 4 N–H and O–H groups in total. The zero-order valence-corrected chi connectivity index (χ0v) is 13.6. The predicted octanol–water partition coefficient (Wildman–Crippen LogP) is 3.36. The number of para-hydroxylation sites is 2. The van der Waals surface area contributed by atoms with Gasteiger partial charge in [0.15, 0.2) is 0 Å². The van der Waals surface area contributed by atoms with Crippen molar-refractivity contribution in [1.82, 2.24) is 4.98 Å². The minimum absolute atomic E-state index is 0.0933. The molecule has 0 saturated carbocycles. The van der Waals surface area contributed by atoms with E-state index in [4.69, 9.17) is 5.73 Å². The van der Waals surface area contributed by atoms with Crippen LogP contribution in [0.1, 0.15) is 6.42 Å². The molecule has 1 aliphatic rings. The third-order valence-electron chi connectivity index (χ3n) is 3.92. The molecular weight excluding hydrogens is 319 g/mol. The van der Waals surface area contributed by atoms with Crippen LogP contribution in [0.2, 0.25) is 0 Å². The molecule has 2 aromatic rings. The Morgan fingerprint density at radius 1 is 1.24 bits per heavy atom. The van der Waals surface area contributed by atoms with Crippen molar-refractivity contribution >= 4 is 23.1 Å². The topological polar surface area (TPSA) is 80.0 Å². The van der Waals surface area contributed by atoms with Gasteiger partial charge in [0.25, 0.3) is 0 Å². The van der Waals surface area contributed by atoms with Gasteiger partial charge in [-0.05, 0) is 36.3 Å². The number of carbonyl (C=O) groups is 1. The number of nitrogens with two attached hydrogens (primary N) is 1. The average Bonchev–Trinajstić information content (AvgIpc) is 2.62. The Hall–Kier alpha value is -3.15. The molecule has 128 valence electrons. The molecule has 0 fully saturated rings. The van der Waals surface area contributed by atoms with Crippen LogP contribution in [0.5, 0.6) is 0 Å². The second-order valence-corrected chi connectivity index (χ2v) is 5.76. The maximum atomic E-state index is 13.0. The van der Waals surface area contributed by atoms with E-state index in [0.29, 0.717) is 30.2 Å². The average molecular weight is 338 g/mol. The number of nitrogens with zero attached hydrogens (tertiary/aromatic N) is 1. The van der Waals surface area contributed by atoms with Crippen LogP contribution in [0.4, 0.5) is 21.6 Å². The number of hydrogen-bond acceptors (Lipinski definition) is 4. The summed E-state index contributed by atoms with van der Waals surface area (Å²) in [6.07, 6.45) is 6.35. The summed E-state index contributed by atoms with van der Waals surface area (Å²) in [5.74, 6) is -0.372. The Balaban J connectivity index is 1.53. The molecule has 0 aliphatic heterocycles. The number of anilines is 3. The van der Waals surface area contributed by atoms with Gasteiger partial charge in [-0.15, -0.1) is 0 Å². The lowest BCUT2D eigenvalue weighted by Gasteiger charge is -2.17. The van der Waals surface area contributed by atoms with Crippen molar-refractivity contribution in [2.75, 3.05) is 22.9 Å². The first-order valence-corrected chi connectivity index (χ1v) is 8.01. The molecule has 1 aromatic carbocycles. The molecule has 3 rings (SSSR count). The molecule has 1 heterocycles.